The Kier molecular flexibility index (Phi) is 3.73. The van der Waals surface area contributed by atoms with E-state index in [2.05, 4.69) is 11.9 Å². The first-order valence-corrected chi connectivity index (χ1v) is 5.47. The number of ether oxygens (including phenoxy) is 1. The van der Waals surface area contributed by atoms with Gasteiger partial charge in [-0.25, -0.2) is 4.79 Å². The molecule has 0 aromatic carbocycles. The van der Waals surface area contributed by atoms with Crippen LogP contribution in [0.15, 0.2) is 12.7 Å². The number of amides is 1. The molecule has 1 N–H and O–H groups in total. The van der Waals surface area contributed by atoms with Crippen molar-refractivity contribution in [3.63, 3.8) is 0 Å². The molecule has 0 aromatic rings. The molecular formula is C12H19NO3. The predicted molar refractivity (Wildman–Crippen MR) is 60.7 cm³/mol. The summed E-state index contributed by atoms with van der Waals surface area (Å²) in [5.41, 5.74) is -0.516. The zero-order valence-corrected chi connectivity index (χ0v) is 10.1. The maximum Gasteiger partial charge on any atom is 0.329 e. The van der Waals surface area contributed by atoms with E-state index in [1.54, 1.807) is 6.08 Å². The van der Waals surface area contributed by atoms with E-state index in [9.17, 15) is 9.59 Å². The fourth-order valence-electron chi connectivity index (χ4n) is 1.67. The van der Waals surface area contributed by atoms with Gasteiger partial charge in [0.25, 0.3) is 0 Å². The van der Waals surface area contributed by atoms with Crippen LogP contribution in [0.4, 0.5) is 0 Å². The van der Waals surface area contributed by atoms with Crippen LogP contribution in [-0.2, 0) is 14.3 Å². The van der Waals surface area contributed by atoms with Gasteiger partial charge in [0.05, 0.1) is 0 Å². The van der Waals surface area contributed by atoms with Crippen LogP contribution >= 0.6 is 0 Å². The van der Waals surface area contributed by atoms with Crippen LogP contribution in [0.3, 0.4) is 0 Å². The summed E-state index contributed by atoms with van der Waals surface area (Å²) < 4.78 is 5.22. The van der Waals surface area contributed by atoms with E-state index in [1.165, 1.54) is 0 Å². The summed E-state index contributed by atoms with van der Waals surface area (Å²) in [6.45, 7) is 9.02. The lowest BCUT2D eigenvalue weighted by molar-refractivity contribution is -0.157. The molecule has 1 amide bonds. The van der Waals surface area contributed by atoms with Gasteiger partial charge in [-0.05, 0) is 33.6 Å². The van der Waals surface area contributed by atoms with Gasteiger partial charge in [-0.1, -0.05) is 6.08 Å². The highest BCUT2D eigenvalue weighted by Gasteiger charge is 2.37. The lowest BCUT2D eigenvalue weighted by Gasteiger charge is -2.21. The largest absolute Gasteiger partial charge is 0.458 e. The molecule has 0 saturated carbocycles. The van der Waals surface area contributed by atoms with Crippen molar-refractivity contribution in [1.82, 2.24) is 5.32 Å². The third kappa shape index (κ3) is 3.36. The smallest absolute Gasteiger partial charge is 0.329 e. The minimum Gasteiger partial charge on any atom is -0.458 e. The Labute approximate surface area is 96.0 Å². The molecule has 4 heteroatoms. The van der Waals surface area contributed by atoms with Crippen molar-refractivity contribution in [1.29, 1.82) is 0 Å². The third-order valence-corrected chi connectivity index (χ3v) is 2.35. The Balaban J connectivity index is 2.55. The molecule has 1 heterocycles. The van der Waals surface area contributed by atoms with Crippen LogP contribution in [0.25, 0.3) is 0 Å². The van der Waals surface area contributed by atoms with E-state index in [0.29, 0.717) is 12.8 Å². The Morgan fingerprint density at radius 2 is 2.25 bits per heavy atom. The summed E-state index contributed by atoms with van der Waals surface area (Å²) in [7, 11) is 0. The number of hydrogen-bond donors (Lipinski definition) is 1. The van der Waals surface area contributed by atoms with E-state index >= 15 is 0 Å². The van der Waals surface area contributed by atoms with Crippen molar-refractivity contribution in [2.24, 2.45) is 5.92 Å². The molecule has 0 bridgehead atoms. The molecule has 1 saturated heterocycles. The molecule has 0 radical (unpaired) electrons. The highest BCUT2D eigenvalue weighted by Crippen LogP contribution is 2.21. The molecule has 1 fully saturated rings. The summed E-state index contributed by atoms with van der Waals surface area (Å²) in [4.78, 5) is 23.2. The van der Waals surface area contributed by atoms with Crippen LogP contribution in [0.5, 0.6) is 0 Å². The molecule has 1 aliphatic heterocycles. The van der Waals surface area contributed by atoms with Crippen LogP contribution < -0.4 is 5.32 Å². The van der Waals surface area contributed by atoms with Gasteiger partial charge in [-0.2, -0.15) is 0 Å². The minimum absolute atomic E-state index is 0.0873. The molecular weight excluding hydrogens is 206 g/mol. The molecule has 4 nitrogen and oxygen atoms in total. The number of rotatable bonds is 3. The molecule has 16 heavy (non-hydrogen) atoms. The average molecular weight is 225 g/mol. The summed E-state index contributed by atoms with van der Waals surface area (Å²) in [6.07, 6.45) is 2.80. The van der Waals surface area contributed by atoms with Gasteiger partial charge in [-0.3, -0.25) is 4.79 Å². The van der Waals surface area contributed by atoms with E-state index < -0.39 is 11.6 Å². The second-order valence-electron chi connectivity index (χ2n) is 5.05. The lowest BCUT2D eigenvalue weighted by atomic mass is 10.0. The molecule has 2 atom stereocenters. The SMILES string of the molecule is C=CC[C@H]1C[C@@H](C(=O)OC(C)(C)C)NC1=O. The molecule has 1 rings (SSSR count). The Bertz CT molecular complexity index is 304. The van der Waals surface area contributed by atoms with Crippen molar-refractivity contribution in [2.45, 2.75) is 45.3 Å². The summed E-state index contributed by atoms with van der Waals surface area (Å²) in [5, 5.41) is 2.65. The molecule has 1 aliphatic rings. The maximum absolute atomic E-state index is 11.7. The Morgan fingerprint density at radius 1 is 1.62 bits per heavy atom. The molecule has 0 unspecified atom stereocenters. The predicted octanol–water partition coefficient (Wildman–Crippen LogP) is 1.41. The van der Waals surface area contributed by atoms with Crippen LogP contribution in [0.1, 0.15) is 33.6 Å². The lowest BCUT2D eigenvalue weighted by Crippen LogP contribution is -2.38. The monoisotopic (exact) mass is 225 g/mol. The highest BCUT2D eigenvalue weighted by atomic mass is 16.6. The average Bonchev–Trinajstić information content (AvgIpc) is 2.46. The summed E-state index contributed by atoms with van der Waals surface area (Å²) in [6, 6.07) is -0.503. The van der Waals surface area contributed by atoms with E-state index in [1.807, 2.05) is 20.8 Å². The molecule has 90 valence electrons. The van der Waals surface area contributed by atoms with Crippen LogP contribution in [0.2, 0.25) is 0 Å². The summed E-state index contributed by atoms with van der Waals surface area (Å²) >= 11 is 0. The van der Waals surface area contributed by atoms with E-state index in [0.717, 1.165) is 0 Å². The summed E-state index contributed by atoms with van der Waals surface area (Å²) in [5.74, 6) is -0.585. The molecule has 0 aromatic heterocycles. The van der Waals surface area contributed by atoms with E-state index in [-0.39, 0.29) is 17.8 Å². The number of carbonyl (C=O) groups excluding carboxylic acids is 2. The van der Waals surface area contributed by atoms with Gasteiger partial charge >= 0.3 is 5.97 Å². The van der Waals surface area contributed by atoms with Crippen molar-refractivity contribution >= 4 is 11.9 Å². The van der Waals surface area contributed by atoms with E-state index in [4.69, 9.17) is 4.74 Å². The first-order chi connectivity index (χ1) is 7.33. The standard InChI is InChI=1S/C12H19NO3/c1-5-6-8-7-9(13-10(8)14)11(15)16-12(2,3)4/h5,8-9H,1,6-7H2,2-4H3,(H,13,14)/t8-,9-/m0/s1. The number of hydrogen-bond acceptors (Lipinski definition) is 3. The first-order valence-electron chi connectivity index (χ1n) is 5.47. The van der Waals surface area contributed by atoms with Crippen molar-refractivity contribution in [3.8, 4) is 0 Å². The van der Waals surface area contributed by atoms with Crippen LogP contribution in [-0.4, -0.2) is 23.5 Å². The second kappa shape index (κ2) is 4.68. The Hall–Kier alpha value is -1.32. The highest BCUT2D eigenvalue weighted by molar-refractivity contribution is 5.89. The molecule has 0 aliphatic carbocycles. The van der Waals surface area contributed by atoms with Gasteiger partial charge < -0.3 is 10.1 Å². The fourth-order valence-corrected chi connectivity index (χ4v) is 1.67. The zero-order chi connectivity index (χ0) is 12.3. The van der Waals surface area contributed by atoms with Gasteiger partial charge in [0.15, 0.2) is 0 Å². The Morgan fingerprint density at radius 3 is 2.75 bits per heavy atom. The maximum atomic E-state index is 11.7. The normalized spacial score (nSPS) is 25.1. The quantitative estimate of drug-likeness (QED) is 0.583. The number of esters is 1. The second-order valence-corrected chi connectivity index (χ2v) is 5.05. The number of carbonyl (C=O) groups is 2. The zero-order valence-electron chi connectivity index (χ0n) is 10.1. The minimum atomic E-state index is -0.516. The van der Waals surface area contributed by atoms with Gasteiger partial charge in [0, 0.05) is 5.92 Å². The van der Waals surface area contributed by atoms with Crippen molar-refractivity contribution in [3.05, 3.63) is 12.7 Å². The van der Waals surface area contributed by atoms with Gasteiger partial charge in [-0.15, -0.1) is 6.58 Å². The number of nitrogens with one attached hydrogen (secondary N) is 1. The van der Waals surface area contributed by atoms with Gasteiger partial charge in [0.1, 0.15) is 11.6 Å². The fraction of sp³-hybridized carbons (Fsp3) is 0.667. The van der Waals surface area contributed by atoms with Gasteiger partial charge in [0.2, 0.25) is 5.91 Å². The van der Waals surface area contributed by atoms with Crippen molar-refractivity contribution < 1.29 is 14.3 Å². The van der Waals surface area contributed by atoms with Crippen molar-refractivity contribution in [2.75, 3.05) is 0 Å². The third-order valence-electron chi connectivity index (χ3n) is 2.35. The topological polar surface area (TPSA) is 55.4 Å². The number of allylic oxidation sites excluding steroid dienone is 1. The van der Waals surface area contributed by atoms with Crippen LogP contribution in [0, 0.1) is 5.92 Å². The molecule has 0 spiro atoms. The first kappa shape index (κ1) is 12.7.